The van der Waals surface area contributed by atoms with Gasteiger partial charge in [-0.15, -0.1) is 0 Å². The first-order valence-electron chi connectivity index (χ1n) is 6.59. The quantitative estimate of drug-likeness (QED) is 0.187. The molecule has 16 nitrogen and oxygen atoms in total. The van der Waals surface area contributed by atoms with E-state index >= 15 is 0 Å². The zero-order chi connectivity index (χ0) is 23.4. The molecule has 0 bridgehead atoms. The zero-order valence-corrected chi connectivity index (χ0v) is 17.7. The third kappa shape index (κ3) is 58.4. The minimum Gasteiger partial charge on any atom is -0.550 e. The molecule has 191 valence electrons. The van der Waals surface area contributed by atoms with E-state index in [1.165, 1.54) is 0 Å². The molecule has 0 fully saturated rings. The molecule has 0 aliphatic carbocycles. The second-order valence-corrected chi connectivity index (χ2v) is 3.97. The van der Waals surface area contributed by atoms with Gasteiger partial charge in [0.15, 0.2) is 0 Å². The molecular weight excluding hydrogens is 587 g/mol. The molecular formula is C12H16Cu3N2O14. The summed E-state index contributed by atoms with van der Waals surface area (Å²) in [4.78, 5) is 56.5. The molecule has 0 saturated heterocycles. The van der Waals surface area contributed by atoms with Gasteiger partial charge in [-0.05, 0) is 0 Å². The Balaban J connectivity index is -0.0000000497. The van der Waals surface area contributed by atoms with Crippen molar-refractivity contribution < 1.29 is 121 Å². The molecule has 2 unspecified atom stereocenters. The van der Waals surface area contributed by atoms with Crippen LogP contribution in [0.4, 0.5) is 0 Å². The second kappa shape index (κ2) is 30.4. The topological polar surface area (TPSA) is 333 Å². The number of hydrogen-bond donors (Lipinski definition) is 4. The maximum atomic E-state index is 9.58. The number of aliphatic hydroxyl groups is 2. The normalized spacial score (nSPS) is 9.68. The van der Waals surface area contributed by atoms with Crippen LogP contribution in [0.15, 0.2) is 0 Å². The Hall–Kier alpha value is -1.78. The number of carbonyl (C=O) groups excluding carboxylic acids is 6. The van der Waals surface area contributed by atoms with Gasteiger partial charge in [0.05, 0.1) is 36.1 Å². The molecule has 19 heteroatoms. The van der Waals surface area contributed by atoms with Crippen molar-refractivity contribution in [2.45, 2.75) is 25.0 Å². The maximum Gasteiger partial charge on any atom is 2.00 e. The second-order valence-electron chi connectivity index (χ2n) is 3.97. The molecule has 0 aromatic heterocycles. The van der Waals surface area contributed by atoms with Gasteiger partial charge < -0.3 is 81.1 Å². The number of rotatable bonds is 8. The molecule has 31 heavy (non-hydrogen) atoms. The number of aliphatic carboxylic acids is 6. The molecule has 0 aromatic rings. The maximum absolute atomic E-state index is 9.58. The predicted octanol–water partition coefficient (Wildman–Crippen LogP) is -12.1. The Labute approximate surface area is 206 Å². The van der Waals surface area contributed by atoms with E-state index in [0.717, 1.165) is 0 Å². The van der Waals surface area contributed by atoms with E-state index in [1.54, 1.807) is 0 Å². The van der Waals surface area contributed by atoms with E-state index in [0.29, 0.717) is 0 Å². The fourth-order valence-corrected chi connectivity index (χ4v) is 0.482. The summed E-state index contributed by atoms with van der Waals surface area (Å²) in [5.74, 6) is -9.29. The number of nitrogens with two attached hydrogens (primary N) is 2. The number of carbonyl (C=O) groups is 6. The molecule has 0 heterocycles. The summed E-state index contributed by atoms with van der Waals surface area (Å²) in [7, 11) is 0. The summed E-state index contributed by atoms with van der Waals surface area (Å²) < 4.78 is 0. The van der Waals surface area contributed by atoms with Crippen molar-refractivity contribution in [1.82, 2.24) is 0 Å². The largest absolute Gasteiger partial charge is 2.00 e. The summed E-state index contributed by atoms with van der Waals surface area (Å²) in [5, 5.41) is 73.0. The molecule has 0 saturated carbocycles. The van der Waals surface area contributed by atoms with Crippen molar-refractivity contribution in [3.05, 3.63) is 0 Å². The Bertz CT molecular complexity index is 489. The first-order chi connectivity index (χ1) is 12.6. The van der Waals surface area contributed by atoms with Crippen molar-refractivity contribution in [2.75, 3.05) is 13.1 Å². The predicted molar refractivity (Wildman–Crippen MR) is 69.4 cm³/mol. The molecule has 3 radical (unpaired) electrons. The van der Waals surface area contributed by atoms with Gasteiger partial charge in [-0.1, -0.05) is 0 Å². The Morgan fingerprint density at radius 2 is 0.710 bits per heavy atom. The van der Waals surface area contributed by atoms with Gasteiger partial charge in [0, 0.05) is 37.9 Å². The number of carboxylic acids is 6. The van der Waals surface area contributed by atoms with Crippen LogP contribution in [0, 0.1) is 0 Å². The Morgan fingerprint density at radius 1 is 0.548 bits per heavy atom. The third-order valence-electron chi connectivity index (χ3n) is 1.60. The van der Waals surface area contributed by atoms with Crippen molar-refractivity contribution in [2.24, 2.45) is 11.5 Å². The molecule has 0 aliphatic heterocycles. The van der Waals surface area contributed by atoms with Crippen LogP contribution in [0.3, 0.4) is 0 Å². The fourth-order valence-electron chi connectivity index (χ4n) is 0.482. The minimum atomic E-state index is -1.96. The van der Waals surface area contributed by atoms with Crippen LogP contribution in [0.5, 0.6) is 0 Å². The van der Waals surface area contributed by atoms with Crippen LogP contribution >= 0.6 is 0 Å². The van der Waals surface area contributed by atoms with E-state index in [9.17, 15) is 39.6 Å². The molecule has 0 rings (SSSR count). The van der Waals surface area contributed by atoms with Gasteiger partial charge in [-0.3, -0.25) is 0 Å². The summed E-state index contributed by atoms with van der Waals surface area (Å²) in [6.45, 7) is -0.778. The van der Waals surface area contributed by atoms with Crippen LogP contribution in [0.25, 0.3) is 0 Å². The summed E-state index contributed by atoms with van der Waals surface area (Å²) in [5.41, 5.74) is 9.02. The number of aliphatic hydroxyl groups excluding tert-OH is 2. The van der Waals surface area contributed by atoms with Gasteiger partial charge in [-0.2, -0.15) is 0 Å². The standard InChI is InChI=1S/2C4H6O5.2C2H5NO2.3Cu/c2*5-2(4(8)9)1-3(6)7;2*3-1-2(4)5;;;/h2*2,5H,1H2,(H,6,7)(H,8,9);2*1,3H2,(H,4,5);;;/q;;;;3*+2/p-6. The van der Waals surface area contributed by atoms with E-state index in [2.05, 4.69) is 11.5 Å². The van der Waals surface area contributed by atoms with Gasteiger partial charge in [0.2, 0.25) is 0 Å². The molecule has 0 spiro atoms. The van der Waals surface area contributed by atoms with Gasteiger partial charge in [0.1, 0.15) is 0 Å². The Kier molecular flexibility index (Phi) is 46.2. The van der Waals surface area contributed by atoms with Crippen LogP contribution < -0.4 is 42.1 Å². The summed E-state index contributed by atoms with van der Waals surface area (Å²) in [6.07, 6.45) is -5.78. The average molecular weight is 603 g/mol. The van der Waals surface area contributed by atoms with Crippen LogP contribution in [0.1, 0.15) is 12.8 Å². The van der Waals surface area contributed by atoms with Crippen LogP contribution in [0.2, 0.25) is 0 Å². The summed E-state index contributed by atoms with van der Waals surface area (Å²) in [6, 6.07) is 0. The smallest absolute Gasteiger partial charge is 0.550 e. The minimum absolute atomic E-state index is 0. The number of hydrogen-bond acceptors (Lipinski definition) is 16. The van der Waals surface area contributed by atoms with Gasteiger partial charge in [-0.25, -0.2) is 0 Å². The first kappa shape index (κ1) is 47.1. The molecule has 6 N–H and O–H groups in total. The SMILES string of the molecule is NCC(=O)[O-].NCC(=O)[O-].O=C([O-])CC(O)C(=O)[O-].O=C([O-])CC(O)C(=O)[O-].[Cu+2].[Cu+2].[Cu+2]. The summed E-state index contributed by atoms with van der Waals surface area (Å²) >= 11 is 0. The Morgan fingerprint density at radius 3 is 0.742 bits per heavy atom. The van der Waals surface area contributed by atoms with Crippen molar-refractivity contribution in [3.63, 3.8) is 0 Å². The fraction of sp³-hybridized carbons (Fsp3) is 0.500. The molecule has 0 aromatic carbocycles. The van der Waals surface area contributed by atoms with Gasteiger partial charge in [0.25, 0.3) is 0 Å². The van der Waals surface area contributed by atoms with E-state index in [4.69, 9.17) is 30.0 Å². The van der Waals surface area contributed by atoms with Gasteiger partial charge >= 0.3 is 51.2 Å². The van der Waals surface area contributed by atoms with Crippen LogP contribution in [-0.4, -0.2) is 71.3 Å². The van der Waals surface area contributed by atoms with E-state index in [1.807, 2.05) is 0 Å². The van der Waals surface area contributed by atoms with Crippen molar-refractivity contribution in [3.8, 4) is 0 Å². The third-order valence-corrected chi connectivity index (χ3v) is 1.60. The molecule has 0 amide bonds. The van der Waals surface area contributed by atoms with E-state index in [-0.39, 0.29) is 64.3 Å². The first-order valence-corrected chi connectivity index (χ1v) is 6.59. The van der Waals surface area contributed by atoms with Crippen molar-refractivity contribution >= 4 is 35.8 Å². The monoisotopic (exact) mass is 601 g/mol. The van der Waals surface area contributed by atoms with Crippen LogP contribution in [-0.2, 0) is 80.0 Å². The number of carboxylic acid groups (broad SMARTS) is 6. The molecule has 0 aliphatic rings. The zero-order valence-electron chi connectivity index (χ0n) is 14.8. The van der Waals surface area contributed by atoms with E-state index < -0.39 is 60.9 Å². The van der Waals surface area contributed by atoms with Crippen molar-refractivity contribution in [1.29, 1.82) is 0 Å². The molecule has 2 atom stereocenters. The average Bonchev–Trinajstić information content (AvgIpc) is 2.55.